The van der Waals surface area contributed by atoms with E-state index in [1.807, 2.05) is 18.2 Å². The number of pyridine rings is 1. The van der Waals surface area contributed by atoms with Crippen molar-refractivity contribution in [1.82, 2.24) is 10.3 Å². The van der Waals surface area contributed by atoms with Crippen LogP contribution in [0.1, 0.15) is 66.6 Å². The molecule has 2 N–H and O–H groups in total. The topological polar surface area (TPSA) is 88.5 Å². The summed E-state index contributed by atoms with van der Waals surface area (Å²) in [5, 5.41) is 11.3. The summed E-state index contributed by atoms with van der Waals surface area (Å²) in [6.45, 7) is 9.33. The van der Waals surface area contributed by atoms with E-state index < -0.39 is 5.97 Å². The molecule has 1 amide bonds. The molecule has 190 valence electrons. The van der Waals surface area contributed by atoms with E-state index in [0.717, 1.165) is 41.0 Å². The van der Waals surface area contributed by atoms with Crippen molar-refractivity contribution in [3.63, 3.8) is 0 Å². The minimum atomic E-state index is -0.931. The van der Waals surface area contributed by atoms with Gasteiger partial charge in [-0.25, -0.2) is 0 Å². The molecule has 0 radical (unpaired) electrons. The normalized spacial score (nSPS) is 11.8. The predicted molar refractivity (Wildman–Crippen MR) is 143 cm³/mol. The molecule has 1 aromatic heterocycles. The zero-order valence-corrected chi connectivity index (χ0v) is 21.6. The number of nitrogens with zero attached hydrogens (tertiary/aromatic N) is 1. The fourth-order valence-corrected chi connectivity index (χ4v) is 3.90. The Kier molecular flexibility index (Phi) is 9.62. The lowest BCUT2D eigenvalue weighted by Crippen LogP contribution is -2.25. The molecule has 0 saturated carbocycles. The second-order valence-electron chi connectivity index (χ2n) is 9.66. The van der Waals surface area contributed by atoms with Crippen molar-refractivity contribution in [2.45, 2.75) is 52.9 Å². The smallest absolute Gasteiger partial charge is 0.305 e. The molecule has 0 aliphatic rings. The lowest BCUT2D eigenvalue weighted by molar-refractivity contribution is -0.136. The van der Waals surface area contributed by atoms with Crippen LogP contribution in [0.4, 0.5) is 0 Å². The molecule has 6 heteroatoms. The highest BCUT2D eigenvalue weighted by Gasteiger charge is 2.10. The van der Waals surface area contributed by atoms with Crippen molar-refractivity contribution in [1.29, 1.82) is 0 Å². The third kappa shape index (κ3) is 7.94. The Balaban J connectivity index is 1.46. The largest absolute Gasteiger partial charge is 0.492 e. The number of hydrogen-bond donors (Lipinski definition) is 2. The summed E-state index contributed by atoms with van der Waals surface area (Å²) in [6.07, 6.45) is 3.55. The first kappa shape index (κ1) is 26.9. The van der Waals surface area contributed by atoms with Crippen LogP contribution < -0.4 is 10.1 Å². The summed E-state index contributed by atoms with van der Waals surface area (Å²) in [4.78, 5) is 27.3. The molecular formula is C30H36N2O4. The molecule has 0 saturated heterocycles. The Morgan fingerprint density at radius 1 is 1.03 bits per heavy atom. The van der Waals surface area contributed by atoms with Crippen molar-refractivity contribution in [3.05, 3.63) is 83.0 Å². The van der Waals surface area contributed by atoms with Gasteiger partial charge in [-0.2, -0.15) is 0 Å². The highest BCUT2D eigenvalue weighted by Crippen LogP contribution is 2.26. The average Bonchev–Trinajstić information content (AvgIpc) is 2.86. The Hall–Kier alpha value is -3.67. The highest BCUT2D eigenvalue weighted by molar-refractivity contribution is 5.94. The van der Waals surface area contributed by atoms with Gasteiger partial charge in [0.1, 0.15) is 5.75 Å². The van der Waals surface area contributed by atoms with Gasteiger partial charge in [0, 0.05) is 17.7 Å². The Morgan fingerprint density at radius 2 is 1.72 bits per heavy atom. The zero-order valence-electron chi connectivity index (χ0n) is 21.6. The first-order valence-electron chi connectivity index (χ1n) is 12.5. The lowest BCUT2D eigenvalue weighted by atomic mass is 9.99. The minimum Gasteiger partial charge on any atom is -0.492 e. The standard InChI is InChI=1S/C30H36N2O4/c1-20(2)24-11-13-25(14-12-24)29-22(4)17-27(18-32-29)36-19-21(3)5-6-23-7-9-26(10-8-23)30(35)31-16-15-28(33)34/h7-14,17-18,20-21H,5-6,15-16,19H2,1-4H3,(H,31,35)(H,33,34). The van der Waals surface area contributed by atoms with Crippen molar-refractivity contribution in [3.8, 4) is 17.0 Å². The number of carbonyl (C=O) groups excluding carboxylic acids is 1. The first-order valence-corrected chi connectivity index (χ1v) is 12.5. The van der Waals surface area contributed by atoms with Crippen LogP contribution in [-0.2, 0) is 11.2 Å². The summed E-state index contributed by atoms with van der Waals surface area (Å²) in [5.74, 6) is 0.452. The minimum absolute atomic E-state index is 0.0875. The molecular weight excluding hydrogens is 452 g/mol. The van der Waals surface area contributed by atoms with E-state index in [2.05, 4.69) is 62.3 Å². The maximum absolute atomic E-state index is 12.1. The van der Waals surface area contributed by atoms with E-state index in [1.165, 1.54) is 5.56 Å². The molecule has 1 unspecified atom stereocenters. The second kappa shape index (κ2) is 12.9. The SMILES string of the molecule is Cc1cc(OCC(C)CCc2ccc(C(=O)NCCC(=O)O)cc2)cnc1-c1ccc(C(C)C)cc1. The lowest BCUT2D eigenvalue weighted by Gasteiger charge is -2.15. The van der Waals surface area contributed by atoms with E-state index in [9.17, 15) is 9.59 Å². The summed E-state index contributed by atoms with van der Waals surface area (Å²) in [7, 11) is 0. The second-order valence-corrected chi connectivity index (χ2v) is 9.66. The van der Waals surface area contributed by atoms with Gasteiger partial charge in [-0.1, -0.05) is 57.2 Å². The van der Waals surface area contributed by atoms with Crippen LogP contribution in [0.25, 0.3) is 11.3 Å². The molecule has 6 nitrogen and oxygen atoms in total. The number of ether oxygens (including phenoxy) is 1. The maximum atomic E-state index is 12.1. The van der Waals surface area contributed by atoms with Gasteiger partial charge in [0.2, 0.25) is 0 Å². The quantitative estimate of drug-likeness (QED) is 0.325. The van der Waals surface area contributed by atoms with Crippen molar-refractivity contribution >= 4 is 11.9 Å². The Bertz CT molecular complexity index is 1150. The van der Waals surface area contributed by atoms with Crippen molar-refractivity contribution in [2.24, 2.45) is 5.92 Å². The average molecular weight is 489 g/mol. The number of aliphatic carboxylic acids is 1. The van der Waals surface area contributed by atoms with Crippen LogP contribution in [0.5, 0.6) is 5.75 Å². The van der Waals surface area contributed by atoms with Crippen LogP contribution >= 0.6 is 0 Å². The highest BCUT2D eigenvalue weighted by atomic mass is 16.5. The molecule has 36 heavy (non-hydrogen) atoms. The van der Waals surface area contributed by atoms with Crippen molar-refractivity contribution in [2.75, 3.05) is 13.2 Å². The number of carbonyl (C=O) groups is 2. The van der Waals surface area contributed by atoms with Crippen LogP contribution in [0.2, 0.25) is 0 Å². The van der Waals surface area contributed by atoms with E-state index in [0.29, 0.717) is 24.0 Å². The van der Waals surface area contributed by atoms with E-state index in [1.54, 1.807) is 18.3 Å². The van der Waals surface area contributed by atoms with Crippen LogP contribution in [-0.4, -0.2) is 35.1 Å². The van der Waals surface area contributed by atoms with Gasteiger partial charge in [0.05, 0.1) is 24.9 Å². The van der Waals surface area contributed by atoms with E-state index in [4.69, 9.17) is 9.84 Å². The molecule has 0 fully saturated rings. The van der Waals surface area contributed by atoms with Gasteiger partial charge in [-0.3, -0.25) is 14.6 Å². The monoisotopic (exact) mass is 488 g/mol. The van der Waals surface area contributed by atoms with Gasteiger partial charge in [-0.05, 0) is 66.5 Å². The number of aromatic nitrogens is 1. The molecule has 3 rings (SSSR count). The van der Waals surface area contributed by atoms with Crippen LogP contribution in [0.15, 0.2) is 60.8 Å². The molecule has 0 bridgehead atoms. The summed E-state index contributed by atoms with van der Waals surface area (Å²) < 4.78 is 6.03. The first-order chi connectivity index (χ1) is 17.2. The summed E-state index contributed by atoms with van der Waals surface area (Å²) in [6, 6.07) is 18.1. The van der Waals surface area contributed by atoms with Crippen LogP contribution in [0, 0.1) is 12.8 Å². The number of amides is 1. The summed E-state index contributed by atoms with van der Waals surface area (Å²) in [5.41, 5.74) is 6.17. The molecule has 2 aromatic carbocycles. The Labute approximate surface area is 213 Å². The van der Waals surface area contributed by atoms with E-state index >= 15 is 0 Å². The predicted octanol–water partition coefficient (Wildman–Crippen LogP) is 6.03. The van der Waals surface area contributed by atoms with E-state index in [-0.39, 0.29) is 18.9 Å². The third-order valence-corrected chi connectivity index (χ3v) is 6.20. The summed E-state index contributed by atoms with van der Waals surface area (Å²) >= 11 is 0. The zero-order chi connectivity index (χ0) is 26.1. The maximum Gasteiger partial charge on any atom is 0.305 e. The van der Waals surface area contributed by atoms with Crippen LogP contribution in [0.3, 0.4) is 0 Å². The number of hydrogen-bond acceptors (Lipinski definition) is 4. The number of carboxylic acids is 1. The fraction of sp³-hybridized carbons (Fsp3) is 0.367. The molecule has 1 atom stereocenters. The molecule has 0 spiro atoms. The fourth-order valence-electron chi connectivity index (χ4n) is 3.90. The van der Waals surface area contributed by atoms with Gasteiger partial charge in [0.15, 0.2) is 0 Å². The van der Waals surface area contributed by atoms with Gasteiger partial charge < -0.3 is 15.2 Å². The number of carboxylic acid groups (broad SMARTS) is 1. The Morgan fingerprint density at radius 3 is 2.33 bits per heavy atom. The van der Waals surface area contributed by atoms with Gasteiger partial charge in [0.25, 0.3) is 5.91 Å². The number of aryl methyl sites for hydroxylation is 2. The number of benzene rings is 2. The van der Waals surface area contributed by atoms with Gasteiger partial charge >= 0.3 is 5.97 Å². The molecule has 1 heterocycles. The number of nitrogens with one attached hydrogen (secondary N) is 1. The molecule has 0 aliphatic heterocycles. The van der Waals surface area contributed by atoms with Crippen molar-refractivity contribution < 1.29 is 19.4 Å². The number of rotatable bonds is 12. The van der Waals surface area contributed by atoms with Gasteiger partial charge in [-0.15, -0.1) is 0 Å². The molecule has 3 aromatic rings. The molecule has 0 aliphatic carbocycles. The third-order valence-electron chi connectivity index (χ3n) is 6.20.